The molecule has 4 aliphatic carbocycles. The second-order valence-corrected chi connectivity index (χ2v) is 10.7. The first-order valence-corrected chi connectivity index (χ1v) is 11.3. The van der Waals surface area contributed by atoms with Gasteiger partial charge in [-0.1, -0.05) is 32.4 Å². The van der Waals surface area contributed by atoms with Crippen LogP contribution in [0.15, 0.2) is 11.6 Å². The second-order valence-electron chi connectivity index (χ2n) is 10.7. The normalized spacial score (nSPS) is 47.3. The lowest BCUT2D eigenvalue weighted by atomic mass is 9.47. The van der Waals surface area contributed by atoms with Gasteiger partial charge in [0.15, 0.2) is 0 Å². The minimum atomic E-state index is -0.150. The van der Waals surface area contributed by atoms with Crippen molar-refractivity contribution in [1.82, 2.24) is 0 Å². The molecule has 152 valence electrons. The van der Waals surface area contributed by atoms with Gasteiger partial charge in [-0.3, -0.25) is 4.79 Å². The highest BCUT2D eigenvalue weighted by molar-refractivity contribution is 5.65. The van der Waals surface area contributed by atoms with E-state index in [9.17, 15) is 9.90 Å². The Bertz CT molecular complexity index is 625. The Labute approximate surface area is 164 Å². The molecule has 0 aromatic heterocycles. The summed E-state index contributed by atoms with van der Waals surface area (Å²) in [5.74, 6) is 3.39. The van der Waals surface area contributed by atoms with Crippen molar-refractivity contribution in [3.8, 4) is 0 Å². The second kappa shape index (κ2) is 6.90. The topological polar surface area (TPSA) is 46.5 Å². The molecule has 0 saturated heterocycles. The molecule has 3 heteroatoms. The van der Waals surface area contributed by atoms with Crippen molar-refractivity contribution in [2.45, 2.75) is 85.2 Å². The van der Waals surface area contributed by atoms with Gasteiger partial charge >= 0.3 is 5.97 Å². The van der Waals surface area contributed by atoms with E-state index in [4.69, 9.17) is 4.74 Å². The van der Waals surface area contributed by atoms with Gasteiger partial charge in [0.05, 0.1) is 12.7 Å². The summed E-state index contributed by atoms with van der Waals surface area (Å²) in [4.78, 5) is 11.3. The molecule has 0 aromatic rings. The molecule has 27 heavy (non-hydrogen) atoms. The van der Waals surface area contributed by atoms with E-state index in [1.54, 1.807) is 5.57 Å². The first kappa shape index (κ1) is 19.5. The maximum Gasteiger partial charge on any atom is 0.302 e. The van der Waals surface area contributed by atoms with Crippen LogP contribution in [0.3, 0.4) is 0 Å². The van der Waals surface area contributed by atoms with E-state index in [1.807, 2.05) is 0 Å². The van der Waals surface area contributed by atoms with E-state index in [2.05, 4.69) is 26.8 Å². The number of hydrogen-bond acceptors (Lipinski definition) is 3. The standard InChI is InChI=1S/C24H38O3/c1-15(14-27-16(2)25)20-7-8-21-19-6-5-17-13-18(26)9-11-23(17,3)22(19)10-12-24(20,21)4/h5,15,18-22,26H,6-14H2,1-4H3/t15-,18?,19+,20-,21+,22+,23+,24-/m1/s1. The fourth-order valence-corrected chi connectivity index (χ4v) is 7.98. The first-order chi connectivity index (χ1) is 12.8. The summed E-state index contributed by atoms with van der Waals surface area (Å²) in [7, 11) is 0. The molecule has 0 heterocycles. The van der Waals surface area contributed by atoms with Gasteiger partial charge in [0.2, 0.25) is 0 Å². The van der Waals surface area contributed by atoms with Gasteiger partial charge in [-0.05, 0) is 91.8 Å². The Morgan fingerprint density at radius 1 is 1.22 bits per heavy atom. The van der Waals surface area contributed by atoms with Crippen molar-refractivity contribution in [3.05, 3.63) is 11.6 Å². The molecule has 3 saturated carbocycles. The lowest BCUT2D eigenvalue weighted by Gasteiger charge is -2.58. The smallest absolute Gasteiger partial charge is 0.302 e. The number of esters is 1. The molecule has 0 amide bonds. The van der Waals surface area contributed by atoms with Crippen LogP contribution in [-0.2, 0) is 9.53 Å². The summed E-state index contributed by atoms with van der Waals surface area (Å²) in [5.41, 5.74) is 2.28. The van der Waals surface area contributed by atoms with E-state index in [0.717, 1.165) is 37.0 Å². The van der Waals surface area contributed by atoms with Gasteiger partial charge in [-0.25, -0.2) is 0 Å². The van der Waals surface area contributed by atoms with Crippen LogP contribution in [-0.4, -0.2) is 23.8 Å². The summed E-state index contributed by atoms with van der Waals surface area (Å²) in [6, 6.07) is 0. The third-order valence-corrected chi connectivity index (χ3v) is 9.39. The molecule has 0 spiro atoms. The quantitative estimate of drug-likeness (QED) is 0.550. The van der Waals surface area contributed by atoms with Crippen molar-refractivity contribution >= 4 is 5.97 Å². The van der Waals surface area contributed by atoms with Gasteiger partial charge in [0, 0.05) is 6.92 Å². The molecule has 0 radical (unpaired) electrons. The van der Waals surface area contributed by atoms with Crippen LogP contribution in [0.1, 0.15) is 79.1 Å². The summed E-state index contributed by atoms with van der Waals surface area (Å²) in [6.45, 7) is 9.43. The zero-order valence-corrected chi connectivity index (χ0v) is 17.7. The lowest BCUT2D eigenvalue weighted by Crippen LogP contribution is -2.51. The highest BCUT2D eigenvalue weighted by Gasteiger charge is 2.59. The molecule has 0 bridgehead atoms. The van der Waals surface area contributed by atoms with E-state index in [1.165, 1.54) is 39.0 Å². The number of fused-ring (bicyclic) bond motifs is 5. The number of hydrogen-bond donors (Lipinski definition) is 1. The number of aliphatic hydroxyl groups excluding tert-OH is 1. The summed E-state index contributed by atoms with van der Waals surface area (Å²) >= 11 is 0. The molecule has 3 nitrogen and oxygen atoms in total. The van der Waals surface area contributed by atoms with Crippen molar-refractivity contribution < 1.29 is 14.6 Å². The molecule has 1 unspecified atom stereocenters. The molecule has 4 aliphatic rings. The minimum absolute atomic E-state index is 0.118. The molecule has 3 fully saturated rings. The Kier molecular flexibility index (Phi) is 4.98. The van der Waals surface area contributed by atoms with Gasteiger partial charge in [0.25, 0.3) is 0 Å². The number of carbonyl (C=O) groups excluding carboxylic acids is 1. The SMILES string of the molecule is CC(=O)OC[C@@H](C)[C@H]1CC[C@H]2[C@@H]3CC=C4CC(O)CC[C@]4(C)[C@H]3CC[C@]12C. The summed E-state index contributed by atoms with van der Waals surface area (Å²) in [5, 5.41) is 10.2. The third-order valence-electron chi connectivity index (χ3n) is 9.39. The van der Waals surface area contributed by atoms with Crippen molar-refractivity contribution in [3.63, 3.8) is 0 Å². The molecule has 0 aromatic carbocycles. The summed E-state index contributed by atoms with van der Waals surface area (Å²) < 4.78 is 5.37. The molecular weight excluding hydrogens is 336 g/mol. The number of carbonyl (C=O) groups is 1. The minimum Gasteiger partial charge on any atom is -0.466 e. The van der Waals surface area contributed by atoms with E-state index < -0.39 is 0 Å². The molecule has 1 N–H and O–H groups in total. The first-order valence-electron chi connectivity index (χ1n) is 11.3. The lowest BCUT2D eigenvalue weighted by molar-refractivity contribution is -0.143. The van der Waals surface area contributed by atoms with Crippen LogP contribution >= 0.6 is 0 Å². The Balaban J connectivity index is 1.54. The monoisotopic (exact) mass is 374 g/mol. The predicted molar refractivity (Wildman–Crippen MR) is 107 cm³/mol. The third kappa shape index (κ3) is 3.09. The number of ether oxygens (including phenoxy) is 1. The van der Waals surface area contributed by atoms with Gasteiger partial charge in [0.1, 0.15) is 0 Å². The van der Waals surface area contributed by atoms with Crippen LogP contribution in [0.2, 0.25) is 0 Å². The van der Waals surface area contributed by atoms with Crippen LogP contribution in [0.4, 0.5) is 0 Å². The molecular formula is C24H38O3. The maximum absolute atomic E-state index is 11.3. The molecule has 4 rings (SSSR count). The molecule has 0 aliphatic heterocycles. The Morgan fingerprint density at radius 2 is 2.00 bits per heavy atom. The van der Waals surface area contributed by atoms with Crippen LogP contribution in [0.5, 0.6) is 0 Å². The Hall–Kier alpha value is -0.830. The Morgan fingerprint density at radius 3 is 2.74 bits per heavy atom. The zero-order chi connectivity index (χ0) is 19.4. The number of allylic oxidation sites excluding steroid dienone is 1. The molecule has 8 atom stereocenters. The predicted octanol–water partition coefficient (Wildman–Crippen LogP) is 5.13. The zero-order valence-electron chi connectivity index (χ0n) is 17.7. The van der Waals surface area contributed by atoms with Crippen LogP contribution in [0, 0.1) is 40.4 Å². The van der Waals surface area contributed by atoms with E-state index in [0.29, 0.717) is 29.3 Å². The highest BCUT2D eigenvalue weighted by Crippen LogP contribution is 2.67. The van der Waals surface area contributed by atoms with Crippen molar-refractivity contribution in [2.75, 3.05) is 6.61 Å². The highest BCUT2D eigenvalue weighted by atomic mass is 16.5. The largest absolute Gasteiger partial charge is 0.466 e. The van der Waals surface area contributed by atoms with Crippen LogP contribution in [0.25, 0.3) is 0 Å². The average molecular weight is 375 g/mol. The van der Waals surface area contributed by atoms with E-state index in [-0.39, 0.29) is 12.1 Å². The fourth-order valence-electron chi connectivity index (χ4n) is 7.98. The van der Waals surface area contributed by atoms with Gasteiger partial charge in [-0.2, -0.15) is 0 Å². The van der Waals surface area contributed by atoms with Crippen molar-refractivity contribution in [2.24, 2.45) is 40.4 Å². The average Bonchev–Trinajstić information content (AvgIpc) is 2.97. The van der Waals surface area contributed by atoms with E-state index >= 15 is 0 Å². The van der Waals surface area contributed by atoms with Gasteiger partial charge < -0.3 is 9.84 Å². The van der Waals surface area contributed by atoms with Crippen molar-refractivity contribution in [1.29, 1.82) is 0 Å². The summed E-state index contributed by atoms with van der Waals surface area (Å²) in [6.07, 6.45) is 11.9. The number of aliphatic hydroxyl groups is 1. The fraction of sp³-hybridized carbons (Fsp3) is 0.875. The maximum atomic E-state index is 11.3. The van der Waals surface area contributed by atoms with Crippen LogP contribution < -0.4 is 0 Å². The number of rotatable bonds is 3. The van der Waals surface area contributed by atoms with Gasteiger partial charge in [-0.15, -0.1) is 0 Å².